The third-order valence-corrected chi connectivity index (χ3v) is 1.67. The van der Waals surface area contributed by atoms with Crippen LogP contribution in [0.15, 0.2) is 12.2 Å². The molecule has 0 spiro atoms. The highest BCUT2D eigenvalue weighted by atomic mass is 16.5. The van der Waals surface area contributed by atoms with Gasteiger partial charge >= 0.3 is 0 Å². The topological polar surface area (TPSA) is 21.3 Å². The number of rotatable bonds is 6. The molecule has 0 aliphatic rings. The maximum absolute atomic E-state index is 4.99. The Bertz CT molecular complexity index is 112. The van der Waals surface area contributed by atoms with Crippen LogP contribution >= 0.6 is 0 Å². The summed E-state index contributed by atoms with van der Waals surface area (Å²) in [6.07, 6.45) is 2.10. The molecule has 0 bridgehead atoms. The second-order valence-electron chi connectivity index (χ2n) is 2.93. The van der Waals surface area contributed by atoms with Crippen molar-refractivity contribution in [3.05, 3.63) is 12.2 Å². The van der Waals surface area contributed by atoms with Gasteiger partial charge < -0.3 is 10.1 Å². The molecule has 0 aromatic rings. The molecular weight excluding hydrogens is 138 g/mol. The van der Waals surface area contributed by atoms with Crippen LogP contribution in [-0.2, 0) is 4.74 Å². The molecule has 0 aliphatic heterocycles. The first kappa shape index (κ1) is 10.7. The van der Waals surface area contributed by atoms with Gasteiger partial charge in [0.2, 0.25) is 0 Å². The van der Waals surface area contributed by atoms with Gasteiger partial charge in [-0.3, -0.25) is 0 Å². The van der Waals surface area contributed by atoms with E-state index < -0.39 is 0 Å². The van der Waals surface area contributed by atoms with Gasteiger partial charge in [0.1, 0.15) is 0 Å². The zero-order valence-corrected chi connectivity index (χ0v) is 7.81. The summed E-state index contributed by atoms with van der Waals surface area (Å²) in [4.78, 5) is 0. The number of ether oxygens (including phenoxy) is 1. The van der Waals surface area contributed by atoms with Crippen molar-refractivity contribution in [2.45, 2.75) is 25.8 Å². The van der Waals surface area contributed by atoms with Crippen LogP contribution in [0, 0.1) is 0 Å². The van der Waals surface area contributed by atoms with E-state index in [-0.39, 0.29) is 0 Å². The van der Waals surface area contributed by atoms with E-state index in [1.165, 1.54) is 5.57 Å². The third kappa shape index (κ3) is 6.07. The molecule has 2 heteroatoms. The Morgan fingerprint density at radius 2 is 2.27 bits per heavy atom. The van der Waals surface area contributed by atoms with Crippen molar-refractivity contribution < 1.29 is 4.74 Å². The molecule has 0 heterocycles. The normalized spacial score (nSPS) is 13.0. The summed E-state index contributed by atoms with van der Waals surface area (Å²) in [5.74, 6) is 0. The first-order chi connectivity index (χ1) is 5.20. The third-order valence-electron chi connectivity index (χ3n) is 1.67. The van der Waals surface area contributed by atoms with Crippen LogP contribution < -0.4 is 5.32 Å². The summed E-state index contributed by atoms with van der Waals surface area (Å²) < 4.78 is 4.99. The van der Waals surface area contributed by atoms with Crippen LogP contribution in [0.5, 0.6) is 0 Å². The lowest BCUT2D eigenvalue weighted by Gasteiger charge is -2.14. The SMILES string of the molecule is C=C(C)CC(CCOC)NC. The molecular formula is C9H19NO. The van der Waals surface area contributed by atoms with Crippen LogP contribution in [0.3, 0.4) is 0 Å². The Morgan fingerprint density at radius 1 is 1.64 bits per heavy atom. The van der Waals surface area contributed by atoms with Crippen molar-refractivity contribution in [3.63, 3.8) is 0 Å². The van der Waals surface area contributed by atoms with Gasteiger partial charge in [-0.25, -0.2) is 0 Å². The van der Waals surface area contributed by atoms with Crippen LogP contribution in [0.2, 0.25) is 0 Å². The van der Waals surface area contributed by atoms with Crippen molar-refractivity contribution in [3.8, 4) is 0 Å². The number of hydrogen-bond acceptors (Lipinski definition) is 2. The summed E-state index contributed by atoms with van der Waals surface area (Å²) in [5.41, 5.74) is 1.22. The van der Waals surface area contributed by atoms with Crippen molar-refractivity contribution in [2.75, 3.05) is 20.8 Å². The fourth-order valence-electron chi connectivity index (χ4n) is 1.03. The predicted molar refractivity (Wildman–Crippen MR) is 48.8 cm³/mol. The second-order valence-corrected chi connectivity index (χ2v) is 2.93. The summed E-state index contributed by atoms with van der Waals surface area (Å²) in [6.45, 7) is 6.74. The van der Waals surface area contributed by atoms with Gasteiger partial charge in [0.05, 0.1) is 0 Å². The molecule has 0 fully saturated rings. The highest BCUT2D eigenvalue weighted by molar-refractivity contribution is 4.92. The molecule has 0 aromatic heterocycles. The standard InChI is InChI=1S/C9H19NO/c1-8(2)7-9(10-3)5-6-11-4/h9-10H,1,5-7H2,2-4H3. The number of hydrogen-bond donors (Lipinski definition) is 1. The summed E-state index contributed by atoms with van der Waals surface area (Å²) in [7, 11) is 3.71. The van der Waals surface area contributed by atoms with E-state index in [1.54, 1.807) is 7.11 Å². The van der Waals surface area contributed by atoms with E-state index in [2.05, 4.69) is 18.8 Å². The molecule has 1 N–H and O–H groups in total. The monoisotopic (exact) mass is 157 g/mol. The maximum atomic E-state index is 4.99. The second kappa shape index (κ2) is 6.38. The maximum Gasteiger partial charge on any atom is 0.0477 e. The van der Waals surface area contributed by atoms with Gasteiger partial charge in [-0.15, -0.1) is 6.58 Å². The van der Waals surface area contributed by atoms with E-state index in [4.69, 9.17) is 4.74 Å². The van der Waals surface area contributed by atoms with E-state index in [0.29, 0.717) is 6.04 Å². The molecule has 1 atom stereocenters. The lowest BCUT2D eigenvalue weighted by atomic mass is 10.1. The molecule has 0 saturated carbocycles. The van der Waals surface area contributed by atoms with Crippen molar-refractivity contribution in [1.82, 2.24) is 5.32 Å². The molecule has 0 saturated heterocycles. The van der Waals surface area contributed by atoms with Gasteiger partial charge in [-0.2, -0.15) is 0 Å². The fourth-order valence-corrected chi connectivity index (χ4v) is 1.03. The van der Waals surface area contributed by atoms with Gasteiger partial charge in [-0.05, 0) is 26.8 Å². The fraction of sp³-hybridized carbons (Fsp3) is 0.778. The van der Waals surface area contributed by atoms with E-state index in [9.17, 15) is 0 Å². The Labute approximate surface area is 69.6 Å². The minimum atomic E-state index is 0.521. The lowest BCUT2D eigenvalue weighted by Crippen LogP contribution is -2.26. The molecule has 0 aromatic carbocycles. The van der Waals surface area contributed by atoms with Crippen LogP contribution in [0.4, 0.5) is 0 Å². The summed E-state index contributed by atoms with van der Waals surface area (Å²) in [6, 6.07) is 0.521. The van der Waals surface area contributed by atoms with E-state index in [1.807, 2.05) is 7.05 Å². The highest BCUT2D eigenvalue weighted by Crippen LogP contribution is 2.04. The molecule has 1 unspecified atom stereocenters. The smallest absolute Gasteiger partial charge is 0.0477 e. The van der Waals surface area contributed by atoms with Crippen LogP contribution in [0.1, 0.15) is 19.8 Å². The lowest BCUT2D eigenvalue weighted by molar-refractivity contribution is 0.184. The minimum Gasteiger partial charge on any atom is -0.385 e. The van der Waals surface area contributed by atoms with Crippen LogP contribution in [-0.4, -0.2) is 26.8 Å². The minimum absolute atomic E-state index is 0.521. The first-order valence-corrected chi connectivity index (χ1v) is 4.01. The van der Waals surface area contributed by atoms with E-state index >= 15 is 0 Å². The number of nitrogens with one attached hydrogen (secondary N) is 1. The molecule has 2 nitrogen and oxygen atoms in total. The Balaban J connectivity index is 3.49. The molecule has 66 valence electrons. The van der Waals surface area contributed by atoms with Gasteiger partial charge in [-0.1, -0.05) is 5.57 Å². The van der Waals surface area contributed by atoms with E-state index in [0.717, 1.165) is 19.4 Å². The zero-order valence-electron chi connectivity index (χ0n) is 7.81. The average Bonchev–Trinajstić information content (AvgIpc) is 1.97. The largest absolute Gasteiger partial charge is 0.385 e. The van der Waals surface area contributed by atoms with Crippen molar-refractivity contribution in [2.24, 2.45) is 0 Å². The van der Waals surface area contributed by atoms with Crippen molar-refractivity contribution >= 4 is 0 Å². The highest BCUT2D eigenvalue weighted by Gasteiger charge is 2.04. The predicted octanol–water partition coefficient (Wildman–Crippen LogP) is 1.58. The molecule has 0 radical (unpaired) electrons. The van der Waals surface area contributed by atoms with Crippen LogP contribution in [0.25, 0.3) is 0 Å². The van der Waals surface area contributed by atoms with Gasteiger partial charge in [0, 0.05) is 19.8 Å². The zero-order chi connectivity index (χ0) is 8.69. The summed E-state index contributed by atoms with van der Waals surface area (Å²) in [5, 5.41) is 3.23. The Morgan fingerprint density at radius 3 is 2.64 bits per heavy atom. The molecule has 0 amide bonds. The molecule has 0 rings (SSSR count). The van der Waals surface area contributed by atoms with Gasteiger partial charge in [0.25, 0.3) is 0 Å². The number of methoxy groups -OCH3 is 1. The first-order valence-electron chi connectivity index (χ1n) is 4.01. The van der Waals surface area contributed by atoms with Gasteiger partial charge in [0.15, 0.2) is 0 Å². The summed E-state index contributed by atoms with van der Waals surface area (Å²) >= 11 is 0. The molecule has 0 aliphatic carbocycles. The molecule has 11 heavy (non-hydrogen) atoms. The Kier molecular flexibility index (Phi) is 6.18. The average molecular weight is 157 g/mol. The quantitative estimate of drug-likeness (QED) is 0.591. The Hall–Kier alpha value is -0.340. The van der Waals surface area contributed by atoms with Crippen molar-refractivity contribution in [1.29, 1.82) is 0 Å².